The summed E-state index contributed by atoms with van der Waals surface area (Å²) >= 11 is 6.17. The van der Waals surface area contributed by atoms with Crippen molar-refractivity contribution in [3.05, 3.63) is 101 Å². The average Bonchev–Trinajstić information content (AvgIpc) is 3.04. The molecule has 0 spiro atoms. The Kier molecular flexibility index (Phi) is 5.52. The number of imidazole rings is 1. The van der Waals surface area contributed by atoms with Gasteiger partial charge in [-0.2, -0.15) is 0 Å². The Morgan fingerprint density at radius 3 is 2.48 bits per heavy atom. The van der Waals surface area contributed by atoms with E-state index in [0.717, 1.165) is 47.9 Å². The number of nitrogens with zero attached hydrogens (tertiary/aromatic N) is 2. The number of hydrogen-bond acceptors (Lipinski definition) is 2. The van der Waals surface area contributed by atoms with Crippen LogP contribution in [0.15, 0.2) is 78.9 Å². The van der Waals surface area contributed by atoms with E-state index in [-0.39, 0.29) is 0 Å². The second-order valence-electron chi connectivity index (χ2n) is 6.65. The first-order valence-electron chi connectivity index (χ1n) is 9.23. The summed E-state index contributed by atoms with van der Waals surface area (Å²) in [6.07, 6.45) is 1.01. The van der Waals surface area contributed by atoms with Crippen molar-refractivity contribution in [2.45, 2.75) is 19.5 Å². The lowest BCUT2D eigenvalue weighted by molar-refractivity contribution is 0.628. The van der Waals surface area contributed by atoms with Crippen LogP contribution >= 0.6 is 11.6 Å². The number of rotatable bonds is 7. The van der Waals surface area contributed by atoms with Gasteiger partial charge in [-0.3, -0.25) is 0 Å². The van der Waals surface area contributed by atoms with Gasteiger partial charge in [0.1, 0.15) is 5.82 Å². The Morgan fingerprint density at radius 1 is 0.852 bits per heavy atom. The molecule has 0 amide bonds. The van der Waals surface area contributed by atoms with E-state index in [1.807, 2.05) is 24.3 Å². The zero-order chi connectivity index (χ0) is 18.5. The molecule has 0 aliphatic heterocycles. The third-order valence-corrected chi connectivity index (χ3v) is 4.91. The highest BCUT2D eigenvalue weighted by Crippen LogP contribution is 2.19. The molecule has 0 radical (unpaired) electrons. The van der Waals surface area contributed by atoms with Gasteiger partial charge in [-0.15, -0.1) is 0 Å². The molecule has 0 saturated carbocycles. The lowest BCUT2D eigenvalue weighted by atomic mass is 10.1. The van der Waals surface area contributed by atoms with Gasteiger partial charge in [-0.05, 0) is 48.4 Å². The highest BCUT2D eigenvalue weighted by molar-refractivity contribution is 6.30. The lowest BCUT2D eigenvalue weighted by Crippen LogP contribution is -2.20. The zero-order valence-corrected chi connectivity index (χ0v) is 15.9. The second kappa shape index (κ2) is 8.38. The standard InChI is InChI=1S/C23H22ClN3/c24-20-10-6-9-19(15-20)17-27-22-12-5-4-11-21(22)26-23(27)16-25-14-13-18-7-2-1-3-8-18/h1-12,15,25H,13-14,16-17H2. The van der Waals surface area contributed by atoms with Gasteiger partial charge in [0.15, 0.2) is 0 Å². The van der Waals surface area contributed by atoms with Crippen LogP contribution in [0.4, 0.5) is 0 Å². The van der Waals surface area contributed by atoms with Crippen LogP contribution in [0.25, 0.3) is 11.0 Å². The summed E-state index contributed by atoms with van der Waals surface area (Å²) in [7, 11) is 0. The molecule has 0 saturated heterocycles. The molecule has 0 aliphatic carbocycles. The van der Waals surface area contributed by atoms with Crippen LogP contribution in [0.1, 0.15) is 17.0 Å². The van der Waals surface area contributed by atoms with Crippen molar-refractivity contribution < 1.29 is 0 Å². The van der Waals surface area contributed by atoms with Crippen LogP contribution in [0.3, 0.4) is 0 Å². The van der Waals surface area contributed by atoms with Gasteiger partial charge in [0.25, 0.3) is 0 Å². The molecule has 0 unspecified atom stereocenters. The van der Waals surface area contributed by atoms with Gasteiger partial charge in [0.2, 0.25) is 0 Å². The summed E-state index contributed by atoms with van der Waals surface area (Å²) in [6.45, 7) is 2.42. The van der Waals surface area contributed by atoms with E-state index < -0.39 is 0 Å². The third-order valence-electron chi connectivity index (χ3n) is 4.68. The molecular formula is C23H22ClN3. The molecule has 1 aromatic heterocycles. The number of fused-ring (bicyclic) bond motifs is 1. The Hall–Kier alpha value is -2.62. The van der Waals surface area contributed by atoms with E-state index in [9.17, 15) is 0 Å². The summed E-state index contributed by atoms with van der Waals surface area (Å²) in [5.74, 6) is 1.05. The van der Waals surface area contributed by atoms with Crippen molar-refractivity contribution in [1.82, 2.24) is 14.9 Å². The fourth-order valence-electron chi connectivity index (χ4n) is 3.33. The molecule has 3 nitrogen and oxygen atoms in total. The molecule has 1 heterocycles. The molecule has 4 rings (SSSR count). The minimum absolute atomic E-state index is 0.738. The summed E-state index contributed by atoms with van der Waals surface area (Å²) in [4.78, 5) is 4.84. The third kappa shape index (κ3) is 4.38. The number of benzene rings is 3. The summed E-state index contributed by atoms with van der Waals surface area (Å²) < 4.78 is 2.27. The van der Waals surface area contributed by atoms with Gasteiger partial charge < -0.3 is 9.88 Å². The molecule has 4 heteroatoms. The predicted molar refractivity (Wildman–Crippen MR) is 112 cm³/mol. The van der Waals surface area contributed by atoms with E-state index in [2.05, 4.69) is 64.5 Å². The molecule has 1 N–H and O–H groups in total. The maximum absolute atomic E-state index is 6.17. The molecule has 27 heavy (non-hydrogen) atoms. The first kappa shape index (κ1) is 17.8. The van der Waals surface area contributed by atoms with Crippen LogP contribution in [-0.2, 0) is 19.5 Å². The Labute approximate surface area is 164 Å². The second-order valence-corrected chi connectivity index (χ2v) is 7.08. The molecule has 0 aliphatic rings. The maximum Gasteiger partial charge on any atom is 0.124 e. The van der Waals surface area contributed by atoms with Crippen LogP contribution < -0.4 is 5.32 Å². The Morgan fingerprint density at radius 2 is 1.63 bits per heavy atom. The van der Waals surface area contributed by atoms with Crippen molar-refractivity contribution in [1.29, 1.82) is 0 Å². The van der Waals surface area contributed by atoms with Crippen LogP contribution in [0.5, 0.6) is 0 Å². The normalized spacial score (nSPS) is 11.1. The first-order chi connectivity index (χ1) is 13.3. The number of para-hydroxylation sites is 2. The first-order valence-corrected chi connectivity index (χ1v) is 9.60. The minimum atomic E-state index is 0.738. The summed E-state index contributed by atoms with van der Waals surface area (Å²) in [5.41, 5.74) is 4.70. The van der Waals surface area contributed by atoms with Crippen LogP contribution in [-0.4, -0.2) is 16.1 Å². The number of halogens is 1. The summed E-state index contributed by atoms with van der Waals surface area (Å²) in [5, 5.41) is 4.30. The molecule has 136 valence electrons. The number of hydrogen-bond donors (Lipinski definition) is 1. The van der Waals surface area contributed by atoms with Gasteiger partial charge in [0.05, 0.1) is 17.6 Å². The molecule has 0 bridgehead atoms. The van der Waals surface area contributed by atoms with Crippen molar-refractivity contribution in [2.24, 2.45) is 0 Å². The van der Waals surface area contributed by atoms with Gasteiger partial charge >= 0.3 is 0 Å². The fourth-order valence-corrected chi connectivity index (χ4v) is 3.55. The zero-order valence-electron chi connectivity index (χ0n) is 15.1. The van der Waals surface area contributed by atoms with E-state index in [0.29, 0.717) is 0 Å². The highest BCUT2D eigenvalue weighted by Gasteiger charge is 2.10. The molecule has 0 atom stereocenters. The fraction of sp³-hybridized carbons (Fsp3) is 0.174. The van der Waals surface area contributed by atoms with E-state index in [1.165, 1.54) is 11.1 Å². The van der Waals surface area contributed by atoms with Gasteiger partial charge in [0, 0.05) is 11.6 Å². The van der Waals surface area contributed by atoms with Crippen LogP contribution in [0, 0.1) is 0 Å². The largest absolute Gasteiger partial charge is 0.322 e. The van der Waals surface area contributed by atoms with Crippen molar-refractivity contribution in [3.8, 4) is 0 Å². The number of nitrogens with one attached hydrogen (secondary N) is 1. The number of aromatic nitrogens is 2. The predicted octanol–water partition coefficient (Wildman–Crippen LogP) is 5.07. The minimum Gasteiger partial charge on any atom is -0.322 e. The van der Waals surface area contributed by atoms with Gasteiger partial charge in [-0.1, -0.05) is 66.2 Å². The SMILES string of the molecule is Clc1cccc(Cn2c(CNCCc3ccccc3)nc3ccccc32)c1. The van der Waals surface area contributed by atoms with E-state index in [4.69, 9.17) is 16.6 Å². The maximum atomic E-state index is 6.17. The topological polar surface area (TPSA) is 29.9 Å². The highest BCUT2D eigenvalue weighted by atomic mass is 35.5. The Bertz CT molecular complexity index is 1020. The molecular weight excluding hydrogens is 354 g/mol. The lowest BCUT2D eigenvalue weighted by Gasteiger charge is -2.11. The van der Waals surface area contributed by atoms with Crippen molar-refractivity contribution in [2.75, 3.05) is 6.54 Å². The quantitative estimate of drug-likeness (QED) is 0.457. The monoisotopic (exact) mass is 375 g/mol. The van der Waals surface area contributed by atoms with Gasteiger partial charge in [-0.25, -0.2) is 4.98 Å². The van der Waals surface area contributed by atoms with Crippen LogP contribution in [0.2, 0.25) is 5.02 Å². The smallest absolute Gasteiger partial charge is 0.124 e. The average molecular weight is 376 g/mol. The molecule has 4 aromatic rings. The van der Waals surface area contributed by atoms with Crippen molar-refractivity contribution >= 4 is 22.6 Å². The summed E-state index contributed by atoms with van der Waals surface area (Å²) in [6, 6.07) is 26.9. The molecule has 0 fully saturated rings. The van der Waals surface area contributed by atoms with E-state index in [1.54, 1.807) is 0 Å². The Balaban J connectivity index is 1.51. The van der Waals surface area contributed by atoms with Crippen molar-refractivity contribution in [3.63, 3.8) is 0 Å². The molecule has 3 aromatic carbocycles. The van der Waals surface area contributed by atoms with E-state index >= 15 is 0 Å².